The van der Waals surface area contributed by atoms with E-state index in [2.05, 4.69) is 15.8 Å². The minimum atomic E-state index is -0.686. The lowest BCUT2D eigenvalue weighted by molar-refractivity contribution is -0.385. The largest absolute Gasteiger partial charge is 0.488 e. The lowest BCUT2D eigenvalue weighted by atomic mass is 10.1. The molecule has 0 spiro atoms. The summed E-state index contributed by atoms with van der Waals surface area (Å²) in [5.74, 6) is -1.39. The molecule has 0 aromatic heterocycles. The minimum Gasteiger partial charge on any atom is -0.488 e. The summed E-state index contributed by atoms with van der Waals surface area (Å²) in [6, 6.07) is 10.2. The highest BCUT2D eigenvalue weighted by atomic mass is 16.6. The highest BCUT2D eigenvalue weighted by Gasteiger charge is 2.25. The summed E-state index contributed by atoms with van der Waals surface area (Å²) in [5.41, 5.74) is 3.74. The van der Waals surface area contributed by atoms with Crippen LogP contribution in [0, 0.1) is 17.0 Å². The summed E-state index contributed by atoms with van der Waals surface area (Å²) in [6.45, 7) is 3.07. The second kappa shape index (κ2) is 9.83. The molecule has 2 aromatic rings. The van der Waals surface area contributed by atoms with Crippen molar-refractivity contribution < 1.29 is 24.0 Å². The van der Waals surface area contributed by atoms with Gasteiger partial charge in [0, 0.05) is 12.6 Å². The van der Waals surface area contributed by atoms with Crippen LogP contribution in [0.15, 0.2) is 41.5 Å². The van der Waals surface area contributed by atoms with Crippen molar-refractivity contribution in [3.63, 3.8) is 0 Å². The molecule has 0 aliphatic heterocycles. The Labute approximate surface area is 166 Å². The van der Waals surface area contributed by atoms with Crippen LogP contribution in [0.25, 0.3) is 0 Å². The van der Waals surface area contributed by atoms with E-state index in [0.717, 1.165) is 17.5 Å². The summed E-state index contributed by atoms with van der Waals surface area (Å²) in [5, 5.41) is 18.1. The van der Waals surface area contributed by atoms with Gasteiger partial charge in [0.05, 0.1) is 30.4 Å². The average molecular weight is 400 g/mol. The lowest BCUT2D eigenvalue weighted by Gasteiger charge is -2.09. The number of nitro benzene ring substituents is 1. The molecule has 152 valence electrons. The molecule has 0 saturated heterocycles. The van der Waals surface area contributed by atoms with Crippen LogP contribution in [0.1, 0.15) is 18.1 Å². The van der Waals surface area contributed by atoms with Gasteiger partial charge in [0.25, 0.3) is 5.91 Å². The van der Waals surface area contributed by atoms with Crippen LogP contribution in [0.2, 0.25) is 0 Å². The van der Waals surface area contributed by atoms with Crippen molar-refractivity contribution in [1.29, 1.82) is 0 Å². The molecule has 0 saturated carbocycles. The predicted molar refractivity (Wildman–Crippen MR) is 106 cm³/mol. The van der Waals surface area contributed by atoms with Gasteiger partial charge >= 0.3 is 11.7 Å². The SMILES string of the molecule is COc1c(OC(C)=O)ccc(C=NNC(=O)CNc2cccc(C)c2)c1[N+](=O)[O-]. The van der Waals surface area contributed by atoms with Gasteiger partial charge in [0.1, 0.15) is 0 Å². The topological polar surface area (TPSA) is 132 Å². The monoisotopic (exact) mass is 400 g/mol. The zero-order valence-corrected chi connectivity index (χ0v) is 16.1. The van der Waals surface area contributed by atoms with E-state index >= 15 is 0 Å². The summed E-state index contributed by atoms with van der Waals surface area (Å²) >= 11 is 0. The zero-order valence-electron chi connectivity index (χ0n) is 16.1. The van der Waals surface area contributed by atoms with E-state index in [1.807, 2.05) is 31.2 Å². The number of methoxy groups -OCH3 is 1. The molecule has 0 bridgehead atoms. The van der Waals surface area contributed by atoms with Crippen molar-refractivity contribution in [3.05, 3.63) is 57.6 Å². The number of carbonyl (C=O) groups excluding carboxylic acids is 2. The molecule has 29 heavy (non-hydrogen) atoms. The molecule has 0 heterocycles. The highest BCUT2D eigenvalue weighted by Crippen LogP contribution is 2.39. The number of benzene rings is 2. The molecule has 0 atom stereocenters. The molecule has 1 amide bonds. The number of rotatable bonds is 8. The number of hydrogen-bond acceptors (Lipinski definition) is 8. The normalized spacial score (nSPS) is 10.4. The van der Waals surface area contributed by atoms with Gasteiger partial charge < -0.3 is 14.8 Å². The first kappa shape index (κ1) is 21.4. The Morgan fingerprint density at radius 1 is 1.28 bits per heavy atom. The molecule has 2 rings (SSSR count). The molecule has 0 radical (unpaired) electrons. The van der Waals surface area contributed by atoms with Gasteiger partial charge in [-0.15, -0.1) is 0 Å². The summed E-state index contributed by atoms with van der Waals surface area (Å²) in [6.07, 6.45) is 1.11. The molecular formula is C19H20N4O6. The molecule has 0 unspecified atom stereocenters. The maximum atomic E-state index is 11.9. The Kier molecular flexibility index (Phi) is 7.24. The highest BCUT2D eigenvalue weighted by molar-refractivity contribution is 5.90. The van der Waals surface area contributed by atoms with Crippen molar-refractivity contribution in [2.75, 3.05) is 19.0 Å². The predicted octanol–water partition coefficient (Wildman–Crippen LogP) is 2.40. The standard InChI is InChI=1S/C19H20N4O6/c1-12-5-4-6-15(9-12)20-11-17(25)22-21-10-14-7-8-16(29-13(2)24)19(28-3)18(14)23(26)27/h4-10,20H,11H2,1-3H3,(H,22,25). The van der Waals surface area contributed by atoms with Crippen LogP contribution in [0.4, 0.5) is 11.4 Å². The van der Waals surface area contributed by atoms with Crippen LogP contribution < -0.4 is 20.2 Å². The third-order valence-electron chi connectivity index (χ3n) is 3.63. The van der Waals surface area contributed by atoms with E-state index in [1.165, 1.54) is 26.2 Å². The van der Waals surface area contributed by atoms with E-state index in [1.54, 1.807) is 0 Å². The Morgan fingerprint density at radius 2 is 2.03 bits per heavy atom. The van der Waals surface area contributed by atoms with Crippen molar-refractivity contribution in [1.82, 2.24) is 5.43 Å². The molecule has 2 aromatic carbocycles. The number of anilines is 1. The quantitative estimate of drug-likeness (QED) is 0.229. The lowest BCUT2D eigenvalue weighted by Crippen LogP contribution is -2.25. The van der Waals surface area contributed by atoms with E-state index in [9.17, 15) is 19.7 Å². The van der Waals surface area contributed by atoms with E-state index in [0.29, 0.717) is 0 Å². The van der Waals surface area contributed by atoms with Gasteiger partial charge in [-0.1, -0.05) is 12.1 Å². The third kappa shape index (κ3) is 6.03. The first-order valence-electron chi connectivity index (χ1n) is 8.48. The van der Waals surface area contributed by atoms with Crippen LogP contribution >= 0.6 is 0 Å². The van der Waals surface area contributed by atoms with Gasteiger partial charge in [-0.25, -0.2) is 5.43 Å². The fourth-order valence-electron chi connectivity index (χ4n) is 2.44. The molecule has 10 nitrogen and oxygen atoms in total. The molecule has 0 fully saturated rings. The second-order valence-electron chi connectivity index (χ2n) is 5.90. The zero-order chi connectivity index (χ0) is 21.4. The molecule has 0 aliphatic rings. The average Bonchev–Trinajstić information content (AvgIpc) is 2.66. The summed E-state index contributed by atoms with van der Waals surface area (Å²) in [4.78, 5) is 33.8. The second-order valence-corrected chi connectivity index (χ2v) is 5.90. The number of esters is 1. The Morgan fingerprint density at radius 3 is 2.66 bits per heavy atom. The number of hydrazone groups is 1. The molecule has 0 aliphatic carbocycles. The molecule has 2 N–H and O–H groups in total. The number of ether oxygens (including phenoxy) is 2. The minimum absolute atomic E-state index is 0.0302. The van der Waals surface area contributed by atoms with E-state index < -0.39 is 22.5 Å². The first-order chi connectivity index (χ1) is 13.8. The molecule has 10 heteroatoms. The Hall–Kier alpha value is -3.95. The number of nitrogens with zero attached hydrogens (tertiary/aromatic N) is 2. The fourth-order valence-corrected chi connectivity index (χ4v) is 2.44. The smallest absolute Gasteiger partial charge is 0.323 e. The number of hydrogen-bond donors (Lipinski definition) is 2. The van der Waals surface area contributed by atoms with Crippen molar-refractivity contribution in [2.24, 2.45) is 5.10 Å². The van der Waals surface area contributed by atoms with Crippen LogP contribution in [0.5, 0.6) is 11.5 Å². The van der Waals surface area contributed by atoms with Crippen LogP contribution in [-0.4, -0.2) is 36.7 Å². The first-order valence-corrected chi connectivity index (χ1v) is 8.48. The van der Waals surface area contributed by atoms with Gasteiger partial charge in [-0.2, -0.15) is 5.10 Å². The summed E-state index contributed by atoms with van der Waals surface area (Å²) < 4.78 is 9.94. The van der Waals surface area contributed by atoms with Gasteiger partial charge in [0.15, 0.2) is 5.75 Å². The van der Waals surface area contributed by atoms with Gasteiger partial charge in [-0.05, 0) is 36.8 Å². The van der Waals surface area contributed by atoms with Crippen molar-refractivity contribution in [2.45, 2.75) is 13.8 Å². The number of nitro groups is 1. The number of carbonyl (C=O) groups is 2. The van der Waals surface area contributed by atoms with Gasteiger partial charge in [0.2, 0.25) is 5.75 Å². The number of aryl methyl sites for hydroxylation is 1. The van der Waals surface area contributed by atoms with E-state index in [4.69, 9.17) is 9.47 Å². The fraction of sp³-hybridized carbons (Fsp3) is 0.211. The maximum absolute atomic E-state index is 11.9. The molecular weight excluding hydrogens is 380 g/mol. The van der Waals surface area contributed by atoms with Crippen LogP contribution in [0.3, 0.4) is 0 Å². The number of amides is 1. The van der Waals surface area contributed by atoms with Crippen molar-refractivity contribution in [3.8, 4) is 11.5 Å². The van der Waals surface area contributed by atoms with Crippen LogP contribution in [-0.2, 0) is 9.59 Å². The van der Waals surface area contributed by atoms with Gasteiger partial charge in [-0.3, -0.25) is 19.7 Å². The Bertz CT molecular complexity index is 958. The Balaban J connectivity index is 2.09. The summed E-state index contributed by atoms with van der Waals surface area (Å²) in [7, 11) is 1.22. The van der Waals surface area contributed by atoms with E-state index in [-0.39, 0.29) is 23.6 Å². The number of nitrogens with one attached hydrogen (secondary N) is 2. The third-order valence-corrected chi connectivity index (χ3v) is 3.63. The van der Waals surface area contributed by atoms with Crippen molar-refractivity contribution >= 4 is 29.5 Å². The maximum Gasteiger partial charge on any atom is 0.323 e.